The van der Waals surface area contributed by atoms with Crippen molar-refractivity contribution in [1.82, 2.24) is 14.8 Å². The van der Waals surface area contributed by atoms with E-state index in [4.69, 9.17) is 4.74 Å². The number of hydrogen-bond donors (Lipinski definition) is 3. The predicted octanol–water partition coefficient (Wildman–Crippen LogP) is 1.04. The number of pyridine rings is 1. The highest BCUT2D eigenvalue weighted by molar-refractivity contribution is 7.99. The van der Waals surface area contributed by atoms with Crippen LogP contribution in [0.1, 0.15) is 5.69 Å². The van der Waals surface area contributed by atoms with Gasteiger partial charge >= 0.3 is 6.18 Å². The van der Waals surface area contributed by atoms with Crippen molar-refractivity contribution in [2.75, 3.05) is 5.75 Å². The summed E-state index contributed by atoms with van der Waals surface area (Å²) in [6.45, 7) is 0. The topological polar surface area (TPSA) is 101 Å². The lowest BCUT2D eigenvalue weighted by molar-refractivity contribution is -0.140. The van der Waals surface area contributed by atoms with Crippen LogP contribution in [0.2, 0.25) is 0 Å². The molecule has 0 aliphatic carbocycles. The molecule has 26 heavy (non-hydrogen) atoms. The average Bonchev–Trinajstić information content (AvgIpc) is 2.98. The molecule has 142 valence electrons. The number of aliphatic hydroxyl groups excluding tert-OH is 3. The zero-order valence-corrected chi connectivity index (χ0v) is 14.3. The van der Waals surface area contributed by atoms with Crippen molar-refractivity contribution in [1.29, 1.82) is 0 Å². The van der Waals surface area contributed by atoms with Crippen molar-refractivity contribution < 1.29 is 33.2 Å². The summed E-state index contributed by atoms with van der Waals surface area (Å²) < 4.78 is 46.0. The lowest BCUT2D eigenvalue weighted by Gasteiger charge is -2.34. The predicted molar refractivity (Wildman–Crippen MR) is 86.3 cm³/mol. The highest BCUT2D eigenvalue weighted by Crippen LogP contribution is 2.37. The number of alkyl halides is 3. The molecule has 0 unspecified atom stereocenters. The SMILES string of the molecule is Cn1cc(-c2cncc(O[C@H]3SC[C@@H](O)[C@H](O)[C@H]3O)c2)c(C(F)(F)F)n1. The van der Waals surface area contributed by atoms with E-state index in [0.29, 0.717) is 0 Å². The molecule has 1 aliphatic rings. The minimum atomic E-state index is -4.62. The van der Waals surface area contributed by atoms with E-state index in [0.717, 1.165) is 16.4 Å². The van der Waals surface area contributed by atoms with Gasteiger partial charge in [-0.2, -0.15) is 18.3 Å². The number of aromatic nitrogens is 3. The number of nitrogens with zero attached hydrogens (tertiary/aromatic N) is 3. The van der Waals surface area contributed by atoms with Gasteiger partial charge in [-0.25, -0.2) is 0 Å². The molecule has 0 saturated carbocycles. The van der Waals surface area contributed by atoms with Crippen LogP contribution < -0.4 is 4.74 Å². The highest BCUT2D eigenvalue weighted by Gasteiger charge is 2.39. The van der Waals surface area contributed by atoms with E-state index >= 15 is 0 Å². The first-order chi connectivity index (χ1) is 12.2. The monoisotopic (exact) mass is 391 g/mol. The number of aryl methyl sites for hydroxylation is 1. The first-order valence-electron chi connectivity index (χ1n) is 7.55. The molecule has 3 heterocycles. The first kappa shape index (κ1) is 19.0. The van der Waals surface area contributed by atoms with E-state index in [2.05, 4.69) is 10.1 Å². The molecule has 0 amide bonds. The average molecular weight is 391 g/mol. The van der Waals surface area contributed by atoms with Crippen molar-refractivity contribution in [3.63, 3.8) is 0 Å². The van der Waals surface area contributed by atoms with Crippen LogP contribution in [0.3, 0.4) is 0 Å². The van der Waals surface area contributed by atoms with Crippen LogP contribution in [-0.4, -0.2) is 59.6 Å². The Labute approximate surface area is 150 Å². The van der Waals surface area contributed by atoms with Gasteiger partial charge in [-0.3, -0.25) is 9.67 Å². The Kier molecular flexibility index (Phi) is 5.15. The van der Waals surface area contributed by atoms with E-state index in [1.54, 1.807) is 0 Å². The summed E-state index contributed by atoms with van der Waals surface area (Å²) in [6, 6.07) is 1.35. The van der Waals surface area contributed by atoms with E-state index < -0.39 is 35.6 Å². The van der Waals surface area contributed by atoms with E-state index in [9.17, 15) is 28.5 Å². The summed E-state index contributed by atoms with van der Waals surface area (Å²) in [7, 11) is 1.38. The molecule has 7 nitrogen and oxygen atoms in total. The van der Waals surface area contributed by atoms with Crippen LogP contribution in [-0.2, 0) is 13.2 Å². The van der Waals surface area contributed by atoms with Gasteiger partial charge in [0.25, 0.3) is 0 Å². The first-order valence-corrected chi connectivity index (χ1v) is 8.60. The van der Waals surface area contributed by atoms with Gasteiger partial charge in [-0.05, 0) is 6.07 Å². The molecule has 3 N–H and O–H groups in total. The largest absolute Gasteiger partial charge is 0.475 e. The zero-order chi connectivity index (χ0) is 19.1. The third kappa shape index (κ3) is 3.80. The zero-order valence-electron chi connectivity index (χ0n) is 13.5. The molecule has 4 atom stereocenters. The molecule has 2 aromatic heterocycles. The maximum atomic E-state index is 13.1. The Morgan fingerprint density at radius 2 is 1.96 bits per heavy atom. The van der Waals surface area contributed by atoms with Crippen LogP contribution in [0, 0.1) is 0 Å². The number of aliphatic hydroxyl groups is 3. The molecular formula is C15H16F3N3O4S. The second-order valence-electron chi connectivity index (χ2n) is 5.84. The van der Waals surface area contributed by atoms with Crippen molar-refractivity contribution in [3.05, 3.63) is 30.4 Å². The summed E-state index contributed by atoms with van der Waals surface area (Å²) in [5.74, 6) is 0.274. The lowest BCUT2D eigenvalue weighted by Crippen LogP contribution is -2.50. The molecule has 0 radical (unpaired) electrons. The quantitative estimate of drug-likeness (QED) is 0.719. The fourth-order valence-electron chi connectivity index (χ4n) is 2.56. The minimum absolute atomic E-state index is 0.125. The maximum absolute atomic E-state index is 13.1. The van der Waals surface area contributed by atoms with Gasteiger partial charge in [0.15, 0.2) is 11.1 Å². The van der Waals surface area contributed by atoms with E-state index in [1.807, 2.05) is 0 Å². The standard InChI is InChI=1S/C15H16F3N3O4S/c1-21-5-9(13(20-21)15(16,17)18)7-2-8(4-19-3-7)25-14-12(24)11(23)10(22)6-26-14/h2-5,10-12,14,22-24H,6H2,1H3/t10-,11+,12-,14+/m1/s1. The van der Waals surface area contributed by atoms with Crippen LogP contribution in [0.5, 0.6) is 5.75 Å². The second-order valence-corrected chi connectivity index (χ2v) is 6.97. The van der Waals surface area contributed by atoms with Crippen LogP contribution >= 0.6 is 11.8 Å². The molecular weight excluding hydrogens is 375 g/mol. The van der Waals surface area contributed by atoms with Crippen molar-refractivity contribution in [3.8, 4) is 16.9 Å². The molecule has 0 bridgehead atoms. The Bertz CT molecular complexity index is 786. The molecule has 1 aliphatic heterocycles. The van der Waals surface area contributed by atoms with Gasteiger partial charge in [0.1, 0.15) is 18.0 Å². The molecule has 0 spiro atoms. The van der Waals surface area contributed by atoms with Gasteiger partial charge in [-0.1, -0.05) is 0 Å². The number of thioether (sulfide) groups is 1. The minimum Gasteiger partial charge on any atom is -0.475 e. The number of rotatable bonds is 3. The summed E-state index contributed by atoms with van der Waals surface area (Å²) in [4.78, 5) is 3.89. The van der Waals surface area contributed by atoms with Gasteiger partial charge < -0.3 is 20.1 Å². The highest BCUT2D eigenvalue weighted by atomic mass is 32.2. The number of halogens is 3. The Morgan fingerprint density at radius 3 is 2.65 bits per heavy atom. The molecule has 11 heteroatoms. The fourth-order valence-corrected chi connectivity index (χ4v) is 3.68. The van der Waals surface area contributed by atoms with Crippen LogP contribution in [0.4, 0.5) is 13.2 Å². The Hall–Kier alpha value is -1.82. The molecule has 0 aromatic carbocycles. The van der Waals surface area contributed by atoms with Gasteiger partial charge in [-0.15, -0.1) is 11.8 Å². The number of ether oxygens (including phenoxy) is 1. The van der Waals surface area contributed by atoms with E-state index in [-0.39, 0.29) is 22.6 Å². The summed E-state index contributed by atoms with van der Waals surface area (Å²) in [5.41, 5.74) is -1.92. The van der Waals surface area contributed by atoms with Crippen molar-refractivity contribution in [2.24, 2.45) is 7.05 Å². The van der Waals surface area contributed by atoms with E-state index in [1.165, 1.54) is 31.7 Å². The van der Waals surface area contributed by atoms with Gasteiger partial charge in [0, 0.05) is 36.3 Å². The van der Waals surface area contributed by atoms with Crippen LogP contribution in [0.15, 0.2) is 24.7 Å². The summed E-state index contributed by atoms with van der Waals surface area (Å²) in [5, 5.41) is 32.7. The second kappa shape index (κ2) is 7.06. The molecule has 2 aromatic rings. The van der Waals surface area contributed by atoms with Gasteiger partial charge in [0.05, 0.1) is 12.3 Å². The number of hydrogen-bond acceptors (Lipinski definition) is 7. The Balaban J connectivity index is 1.86. The Morgan fingerprint density at radius 1 is 1.23 bits per heavy atom. The lowest BCUT2D eigenvalue weighted by atomic mass is 10.1. The molecule has 1 fully saturated rings. The molecule has 1 saturated heterocycles. The maximum Gasteiger partial charge on any atom is 0.435 e. The normalized spacial score (nSPS) is 26.7. The van der Waals surface area contributed by atoms with Crippen LogP contribution in [0.25, 0.3) is 11.1 Å². The molecule has 3 rings (SSSR count). The van der Waals surface area contributed by atoms with Crippen molar-refractivity contribution in [2.45, 2.75) is 29.9 Å². The summed E-state index contributed by atoms with van der Waals surface area (Å²) in [6.07, 6.45) is -4.65. The van der Waals surface area contributed by atoms with Crippen molar-refractivity contribution >= 4 is 11.8 Å². The third-order valence-electron chi connectivity index (χ3n) is 3.83. The smallest absolute Gasteiger partial charge is 0.435 e. The fraction of sp³-hybridized carbons (Fsp3) is 0.467. The van der Waals surface area contributed by atoms with Gasteiger partial charge in [0.2, 0.25) is 0 Å². The third-order valence-corrected chi connectivity index (χ3v) is 5.07. The summed E-state index contributed by atoms with van der Waals surface area (Å²) >= 11 is 1.08.